The van der Waals surface area contributed by atoms with Gasteiger partial charge in [0.15, 0.2) is 23.3 Å². The SMILES string of the molecule is C#C/C=C\C1=C(C)C(c2c(F)c(F)c(F)c(F)c2F)=CCC1. The molecule has 0 unspecified atom stereocenters. The monoisotopic (exact) mass is 310 g/mol. The first-order chi connectivity index (χ1) is 10.4. The summed E-state index contributed by atoms with van der Waals surface area (Å²) in [6.07, 6.45) is 10.6. The molecular formula is C17H11F5. The van der Waals surface area contributed by atoms with Crippen molar-refractivity contribution in [1.82, 2.24) is 0 Å². The molecular weight excluding hydrogens is 299 g/mol. The fourth-order valence-corrected chi connectivity index (χ4v) is 2.37. The third-order valence-corrected chi connectivity index (χ3v) is 3.51. The van der Waals surface area contributed by atoms with Crippen molar-refractivity contribution in [1.29, 1.82) is 0 Å². The summed E-state index contributed by atoms with van der Waals surface area (Å²) in [5.74, 6) is -7.44. The second-order valence-corrected chi connectivity index (χ2v) is 4.75. The predicted octanol–water partition coefficient (Wildman–Crippen LogP) is 5.07. The van der Waals surface area contributed by atoms with E-state index in [0.717, 1.165) is 0 Å². The largest absolute Gasteiger partial charge is 0.203 e. The third-order valence-electron chi connectivity index (χ3n) is 3.51. The Balaban J connectivity index is 2.68. The van der Waals surface area contributed by atoms with E-state index in [1.807, 2.05) is 0 Å². The van der Waals surface area contributed by atoms with Gasteiger partial charge in [-0.15, -0.1) is 6.42 Å². The van der Waals surface area contributed by atoms with Gasteiger partial charge in [-0.25, -0.2) is 22.0 Å². The molecule has 0 fully saturated rings. The lowest BCUT2D eigenvalue weighted by Gasteiger charge is -2.19. The van der Waals surface area contributed by atoms with Gasteiger partial charge < -0.3 is 0 Å². The smallest absolute Gasteiger partial charge is 0.200 e. The molecule has 0 aromatic heterocycles. The quantitative estimate of drug-likeness (QED) is 0.310. The molecule has 0 nitrogen and oxygen atoms in total. The summed E-state index contributed by atoms with van der Waals surface area (Å²) in [4.78, 5) is 0. The van der Waals surface area contributed by atoms with Crippen LogP contribution in [0.1, 0.15) is 25.3 Å². The number of benzene rings is 1. The molecule has 0 spiro atoms. The zero-order valence-electron chi connectivity index (χ0n) is 11.6. The van der Waals surface area contributed by atoms with Crippen LogP contribution in [0.3, 0.4) is 0 Å². The highest BCUT2D eigenvalue weighted by atomic mass is 19.2. The molecule has 5 heteroatoms. The van der Waals surface area contributed by atoms with Crippen LogP contribution < -0.4 is 0 Å². The van der Waals surface area contributed by atoms with E-state index in [4.69, 9.17) is 6.42 Å². The highest BCUT2D eigenvalue weighted by Gasteiger charge is 2.29. The minimum atomic E-state index is -2.16. The number of terminal acetylenes is 1. The van der Waals surface area contributed by atoms with Crippen LogP contribution in [-0.2, 0) is 0 Å². The average Bonchev–Trinajstić information content (AvgIpc) is 2.51. The van der Waals surface area contributed by atoms with Crippen LogP contribution in [0.15, 0.2) is 29.4 Å². The third kappa shape index (κ3) is 2.57. The van der Waals surface area contributed by atoms with E-state index in [1.54, 1.807) is 13.0 Å². The van der Waals surface area contributed by atoms with Crippen molar-refractivity contribution in [3.05, 3.63) is 64.0 Å². The van der Waals surface area contributed by atoms with Crippen LogP contribution in [0.25, 0.3) is 5.57 Å². The summed E-state index contributed by atoms with van der Waals surface area (Å²) in [6, 6.07) is 0. The van der Waals surface area contributed by atoms with E-state index in [0.29, 0.717) is 24.0 Å². The Morgan fingerprint density at radius 2 is 1.55 bits per heavy atom. The van der Waals surface area contributed by atoms with Gasteiger partial charge in [0.2, 0.25) is 5.82 Å². The predicted molar refractivity (Wildman–Crippen MR) is 74.1 cm³/mol. The molecule has 0 atom stereocenters. The maximum atomic E-state index is 13.9. The molecule has 0 heterocycles. The maximum absolute atomic E-state index is 13.9. The number of halogens is 5. The van der Waals surface area contributed by atoms with Gasteiger partial charge in [0.05, 0.1) is 5.56 Å². The molecule has 0 saturated carbocycles. The number of hydrogen-bond acceptors (Lipinski definition) is 0. The summed E-state index contributed by atoms with van der Waals surface area (Å²) in [5, 5.41) is 0. The number of rotatable bonds is 2. The summed E-state index contributed by atoms with van der Waals surface area (Å²) in [6.45, 7) is 1.55. The Morgan fingerprint density at radius 3 is 2.09 bits per heavy atom. The second kappa shape index (κ2) is 6.18. The Bertz CT molecular complexity index is 731. The zero-order valence-corrected chi connectivity index (χ0v) is 11.6. The van der Waals surface area contributed by atoms with E-state index in [-0.39, 0.29) is 5.57 Å². The Morgan fingerprint density at radius 1 is 1.00 bits per heavy atom. The van der Waals surface area contributed by atoms with Crippen LogP contribution in [0.5, 0.6) is 0 Å². The molecule has 1 aromatic rings. The van der Waals surface area contributed by atoms with Gasteiger partial charge >= 0.3 is 0 Å². The van der Waals surface area contributed by atoms with Crippen molar-refractivity contribution in [3.8, 4) is 12.3 Å². The molecule has 0 amide bonds. The molecule has 2 rings (SSSR count). The topological polar surface area (TPSA) is 0 Å². The standard InChI is InChI=1S/C17H11F5/c1-3-4-6-10-7-5-8-11(9(10)2)12-13(18)15(20)17(22)16(21)14(12)19/h1,4,6,8H,5,7H2,2H3/b6-4-. The Kier molecular flexibility index (Phi) is 4.51. The zero-order chi connectivity index (χ0) is 16.4. The van der Waals surface area contributed by atoms with Crippen LogP contribution in [0, 0.1) is 41.4 Å². The molecule has 1 aliphatic rings. The van der Waals surface area contributed by atoms with Crippen molar-refractivity contribution in [2.24, 2.45) is 0 Å². The Hall–Kier alpha value is -2.35. The molecule has 0 radical (unpaired) electrons. The van der Waals surface area contributed by atoms with Gasteiger partial charge in [0.1, 0.15) is 0 Å². The van der Waals surface area contributed by atoms with Gasteiger partial charge in [-0.2, -0.15) is 0 Å². The average molecular weight is 310 g/mol. The van der Waals surface area contributed by atoms with Crippen LogP contribution in [0.4, 0.5) is 22.0 Å². The maximum Gasteiger partial charge on any atom is 0.200 e. The second-order valence-electron chi connectivity index (χ2n) is 4.75. The molecule has 0 aliphatic heterocycles. The van der Waals surface area contributed by atoms with Gasteiger partial charge in [0.25, 0.3) is 0 Å². The van der Waals surface area contributed by atoms with E-state index < -0.39 is 34.6 Å². The lowest BCUT2D eigenvalue weighted by atomic mass is 9.87. The van der Waals surface area contributed by atoms with E-state index in [2.05, 4.69) is 5.92 Å². The van der Waals surface area contributed by atoms with Crippen molar-refractivity contribution < 1.29 is 22.0 Å². The van der Waals surface area contributed by atoms with E-state index in [9.17, 15) is 22.0 Å². The van der Waals surface area contributed by atoms with Crippen LogP contribution in [-0.4, -0.2) is 0 Å². The summed E-state index contributed by atoms with van der Waals surface area (Å²) >= 11 is 0. The normalized spacial score (nSPS) is 15.2. The number of hydrogen-bond donors (Lipinski definition) is 0. The van der Waals surface area contributed by atoms with E-state index in [1.165, 1.54) is 12.2 Å². The summed E-state index contributed by atoms with van der Waals surface area (Å²) in [7, 11) is 0. The first-order valence-corrected chi connectivity index (χ1v) is 6.44. The Labute approximate surface area is 124 Å². The fourth-order valence-electron chi connectivity index (χ4n) is 2.37. The first kappa shape index (κ1) is 16.0. The molecule has 0 saturated heterocycles. The van der Waals surface area contributed by atoms with Gasteiger partial charge in [0, 0.05) is 0 Å². The summed E-state index contributed by atoms with van der Waals surface area (Å²) < 4.78 is 67.6. The first-order valence-electron chi connectivity index (χ1n) is 6.44. The lowest BCUT2D eigenvalue weighted by Crippen LogP contribution is -2.09. The summed E-state index contributed by atoms with van der Waals surface area (Å²) in [5.41, 5.74) is 0.219. The van der Waals surface area contributed by atoms with E-state index >= 15 is 0 Å². The van der Waals surface area contributed by atoms with Crippen LogP contribution >= 0.6 is 0 Å². The minimum absolute atomic E-state index is 0.00396. The minimum Gasteiger partial charge on any atom is -0.203 e. The van der Waals surface area contributed by atoms with Crippen LogP contribution in [0.2, 0.25) is 0 Å². The van der Waals surface area contributed by atoms with Gasteiger partial charge in [-0.1, -0.05) is 18.1 Å². The highest BCUT2D eigenvalue weighted by Crippen LogP contribution is 2.37. The van der Waals surface area contributed by atoms with Crippen molar-refractivity contribution in [2.45, 2.75) is 19.8 Å². The van der Waals surface area contributed by atoms with Gasteiger partial charge in [-0.05, 0) is 42.6 Å². The van der Waals surface area contributed by atoms with Gasteiger partial charge in [-0.3, -0.25) is 0 Å². The van der Waals surface area contributed by atoms with Crippen molar-refractivity contribution in [2.75, 3.05) is 0 Å². The molecule has 0 N–H and O–H groups in total. The molecule has 22 heavy (non-hydrogen) atoms. The highest BCUT2D eigenvalue weighted by molar-refractivity contribution is 5.81. The fraction of sp³-hybridized carbons (Fsp3) is 0.176. The lowest BCUT2D eigenvalue weighted by molar-refractivity contribution is 0.376. The van der Waals surface area contributed by atoms with Crippen molar-refractivity contribution >= 4 is 5.57 Å². The molecule has 1 aromatic carbocycles. The molecule has 0 bridgehead atoms. The number of allylic oxidation sites excluding steroid dienone is 6. The van der Waals surface area contributed by atoms with Crippen molar-refractivity contribution in [3.63, 3.8) is 0 Å². The molecule has 114 valence electrons. The molecule has 1 aliphatic carbocycles.